The standard InChI is InChI=1S/C22H22FN3O3/c1-13(2)29-21-14(7-6-10-18(21)28-3)15-11-19(27)25-22-20(15)24-12-26(22)17-9-5-4-8-16(17)23/h4-10,12-13,15H,11H2,1-3H3,(H,25,27)/t15-/m1/s1. The highest BCUT2D eigenvalue weighted by Crippen LogP contribution is 2.44. The van der Waals surface area contributed by atoms with Gasteiger partial charge in [0.1, 0.15) is 18.0 Å². The summed E-state index contributed by atoms with van der Waals surface area (Å²) in [6.45, 7) is 3.87. The number of imidazole rings is 1. The van der Waals surface area contributed by atoms with Crippen molar-refractivity contribution in [1.29, 1.82) is 0 Å². The van der Waals surface area contributed by atoms with Gasteiger partial charge in [-0.15, -0.1) is 0 Å². The van der Waals surface area contributed by atoms with E-state index in [0.717, 1.165) is 5.56 Å². The summed E-state index contributed by atoms with van der Waals surface area (Å²) in [6, 6.07) is 12.0. The maximum absolute atomic E-state index is 14.3. The topological polar surface area (TPSA) is 65.4 Å². The van der Waals surface area contributed by atoms with Gasteiger partial charge in [-0.1, -0.05) is 24.3 Å². The molecule has 6 nitrogen and oxygen atoms in total. The van der Waals surface area contributed by atoms with Crippen molar-refractivity contribution < 1.29 is 18.7 Å². The van der Waals surface area contributed by atoms with Gasteiger partial charge in [-0.25, -0.2) is 9.37 Å². The van der Waals surface area contributed by atoms with Crippen molar-refractivity contribution in [3.05, 3.63) is 65.9 Å². The van der Waals surface area contributed by atoms with Crippen LogP contribution in [-0.2, 0) is 4.79 Å². The Bertz CT molecular complexity index is 1060. The van der Waals surface area contributed by atoms with Crippen LogP contribution in [0.3, 0.4) is 0 Å². The minimum absolute atomic E-state index is 0.0714. The van der Waals surface area contributed by atoms with Crippen molar-refractivity contribution in [1.82, 2.24) is 9.55 Å². The lowest BCUT2D eigenvalue weighted by Gasteiger charge is -2.26. The van der Waals surface area contributed by atoms with Gasteiger partial charge in [0.25, 0.3) is 0 Å². The van der Waals surface area contributed by atoms with Crippen molar-refractivity contribution >= 4 is 11.7 Å². The fraction of sp³-hybridized carbons (Fsp3) is 0.273. The number of hydrogen-bond donors (Lipinski definition) is 1. The molecule has 4 rings (SSSR count). The van der Waals surface area contributed by atoms with Crippen LogP contribution in [-0.4, -0.2) is 28.7 Å². The highest BCUT2D eigenvalue weighted by atomic mass is 19.1. The molecule has 0 radical (unpaired) electrons. The number of ether oxygens (including phenoxy) is 2. The number of fused-ring (bicyclic) bond motifs is 1. The number of methoxy groups -OCH3 is 1. The maximum Gasteiger partial charge on any atom is 0.226 e. The molecule has 0 aliphatic carbocycles. The zero-order valence-electron chi connectivity index (χ0n) is 16.5. The number of nitrogens with one attached hydrogen (secondary N) is 1. The molecule has 0 saturated heterocycles. The van der Waals surface area contributed by atoms with Crippen LogP contribution in [0.5, 0.6) is 11.5 Å². The number of benzene rings is 2. The van der Waals surface area contributed by atoms with Gasteiger partial charge < -0.3 is 14.8 Å². The van der Waals surface area contributed by atoms with Crippen LogP contribution in [0.25, 0.3) is 5.69 Å². The lowest BCUT2D eigenvalue weighted by atomic mass is 9.89. The molecule has 1 aliphatic rings. The van der Waals surface area contributed by atoms with Crippen LogP contribution >= 0.6 is 0 Å². The number of para-hydroxylation sites is 2. The predicted molar refractivity (Wildman–Crippen MR) is 107 cm³/mol. The number of amides is 1. The number of anilines is 1. The van der Waals surface area contributed by atoms with Gasteiger partial charge >= 0.3 is 0 Å². The third kappa shape index (κ3) is 3.44. The summed E-state index contributed by atoms with van der Waals surface area (Å²) >= 11 is 0. The first-order chi connectivity index (χ1) is 14.0. The van der Waals surface area contributed by atoms with Crippen molar-refractivity contribution in [2.24, 2.45) is 0 Å². The lowest BCUT2D eigenvalue weighted by molar-refractivity contribution is -0.116. The van der Waals surface area contributed by atoms with Gasteiger partial charge in [0, 0.05) is 17.9 Å². The van der Waals surface area contributed by atoms with E-state index in [0.29, 0.717) is 28.7 Å². The highest BCUT2D eigenvalue weighted by molar-refractivity contribution is 5.94. The molecule has 0 fully saturated rings. The van der Waals surface area contributed by atoms with Gasteiger partial charge in [0.15, 0.2) is 11.5 Å². The number of rotatable bonds is 5. The van der Waals surface area contributed by atoms with E-state index in [-0.39, 0.29) is 24.3 Å². The molecule has 1 aliphatic heterocycles. The third-order valence-corrected chi connectivity index (χ3v) is 4.84. The Labute approximate surface area is 168 Å². The second-order valence-corrected chi connectivity index (χ2v) is 7.15. The molecule has 2 aromatic carbocycles. The second kappa shape index (κ2) is 7.58. The van der Waals surface area contributed by atoms with E-state index in [1.807, 2.05) is 32.0 Å². The third-order valence-electron chi connectivity index (χ3n) is 4.84. The molecule has 150 valence electrons. The molecule has 1 atom stereocenters. The van der Waals surface area contributed by atoms with Crippen LogP contribution in [0, 0.1) is 5.82 Å². The van der Waals surface area contributed by atoms with Gasteiger partial charge in [0.2, 0.25) is 5.91 Å². The Morgan fingerprint density at radius 2 is 2.00 bits per heavy atom. The molecule has 29 heavy (non-hydrogen) atoms. The first-order valence-electron chi connectivity index (χ1n) is 9.45. The normalized spacial score (nSPS) is 15.8. The highest BCUT2D eigenvalue weighted by Gasteiger charge is 2.34. The van der Waals surface area contributed by atoms with E-state index in [2.05, 4.69) is 10.3 Å². The van der Waals surface area contributed by atoms with E-state index in [4.69, 9.17) is 9.47 Å². The number of halogens is 1. The number of aromatic nitrogens is 2. The van der Waals surface area contributed by atoms with E-state index >= 15 is 0 Å². The SMILES string of the molecule is COc1cccc([C@H]2CC(=O)Nc3c2ncn3-c2ccccc2F)c1OC(C)C. The number of hydrogen-bond acceptors (Lipinski definition) is 4. The van der Waals surface area contributed by atoms with E-state index in [1.54, 1.807) is 29.9 Å². The summed E-state index contributed by atoms with van der Waals surface area (Å²) < 4.78 is 27.4. The van der Waals surface area contributed by atoms with Crippen molar-refractivity contribution in [3.63, 3.8) is 0 Å². The molecule has 1 amide bonds. The molecular formula is C22H22FN3O3. The van der Waals surface area contributed by atoms with Crippen molar-refractivity contribution in [2.45, 2.75) is 32.3 Å². The lowest BCUT2D eigenvalue weighted by Crippen LogP contribution is -2.25. The van der Waals surface area contributed by atoms with E-state index in [1.165, 1.54) is 12.4 Å². The Morgan fingerprint density at radius 1 is 1.21 bits per heavy atom. The van der Waals surface area contributed by atoms with Crippen molar-refractivity contribution in [2.75, 3.05) is 12.4 Å². The summed E-state index contributed by atoms with van der Waals surface area (Å²) in [5, 5.41) is 2.85. The van der Waals surface area contributed by atoms with Crippen molar-refractivity contribution in [3.8, 4) is 17.2 Å². The van der Waals surface area contributed by atoms with Gasteiger partial charge in [-0.2, -0.15) is 0 Å². The van der Waals surface area contributed by atoms with Gasteiger partial charge in [0.05, 0.1) is 24.6 Å². The first-order valence-corrected chi connectivity index (χ1v) is 9.45. The summed E-state index contributed by atoms with van der Waals surface area (Å²) in [7, 11) is 1.58. The molecule has 2 heterocycles. The molecule has 0 unspecified atom stereocenters. The Morgan fingerprint density at radius 3 is 2.72 bits per heavy atom. The monoisotopic (exact) mass is 395 g/mol. The Balaban J connectivity index is 1.86. The number of carbonyl (C=O) groups excluding carboxylic acids is 1. The van der Waals surface area contributed by atoms with Gasteiger partial charge in [-0.05, 0) is 32.0 Å². The molecule has 0 bridgehead atoms. The summed E-state index contributed by atoms with van der Waals surface area (Å²) in [4.78, 5) is 17.1. The minimum Gasteiger partial charge on any atom is -0.493 e. The molecule has 3 aromatic rings. The van der Waals surface area contributed by atoms with Gasteiger partial charge in [-0.3, -0.25) is 9.36 Å². The summed E-state index contributed by atoms with van der Waals surface area (Å²) in [5.41, 5.74) is 1.80. The minimum atomic E-state index is -0.394. The average molecular weight is 395 g/mol. The number of nitrogens with zero attached hydrogens (tertiary/aromatic N) is 2. The molecule has 1 aromatic heterocycles. The average Bonchev–Trinajstić information content (AvgIpc) is 3.11. The number of carbonyl (C=O) groups is 1. The maximum atomic E-state index is 14.3. The van der Waals surface area contributed by atoms with Crippen LogP contribution in [0.15, 0.2) is 48.8 Å². The first kappa shape index (κ1) is 19.0. The molecule has 7 heteroatoms. The van der Waals surface area contributed by atoms with E-state index < -0.39 is 5.82 Å². The van der Waals surface area contributed by atoms with E-state index in [9.17, 15) is 9.18 Å². The Hall–Kier alpha value is -3.35. The zero-order chi connectivity index (χ0) is 20.5. The Kier molecular flexibility index (Phi) is 4.96. The largest absolute Gasteiger partial charge is 0.493 e. The smallest absolute Gasteiger partial charge is 0.226 e. The van der Waals surface area contributed by atoms with Crippen LogP contribution in [0.1, 0.15) is 37.4 Å². The van der Waals surface area contributed by atoms with Crippen LogP contribution < -0.4 is 14.8 Å². The fourth-order valence-electron chi connectivity index (χ4n) is 3.62. The van der Waals surface area contributed by atoms with Crippen LogP contribution in [0.2, 0.25) is 0 Å². The summed E-state index contributed by atoms with van der Waals surface area (Å²) in [6.07, 6.45) is 1.67. The zero-order valence-corrected chi connectivity index (χ0v) is 16.5. The molecule has 0 saturated carbocycles. The molecule has 1 N–H and O–H groups in total. The predicted octanol–water partition coefficient (Wildman–Crippen LogP) is 4.28. The second-order valence-electron chi connectivity index (χ2n) is 7.15. The summed E-state index contributed by atoms with van der Waals surface area (Å²) in [5.74, 6) is 0.756. The molecule has 0 spiro atoms. The van der Waals surface area contributed by atoms with Crippen LogP contribution in [0.4, 0.5) is 10.2 Å². The fourth-order valence-corrected chi connectivity index (χ4v) is 3.62. The molecular weight excluding hydrogens is 373 g/mol. The quantitative estimate of drug-likeness (QED) is 0.700.